The van der Waals surface area contributed by atoms with E-state index in [4.69, 9.17) is 0 Å². The number of carbonyl (C=O) groups excluding carboxylic acids is 2. The molecule has 0 unspecified atom stereocenters. The van der Waals surface area contributed by atoms with E-state index in [1.54, 1.807) is 26.1 Å². The molecule has 0 aliphatic heterocycles. The van der Waals surface area contributed by atoms with Crippen LogP contribution in [0, 0.1) is 6.92 Å². The minimum absolute atomic E-state index is 0.0257. The second-order valence-electron chi connectivity index (χ2n) is 7.87. The molecule has 9 nitrogen and oxygen atoms in total. The largest absolute Gasteiger partial charge is 0.310 e. The van der Waals surface area contributed by atoms with Gasteiger partial charge in [-0.15, -0.1) is 0 Å². The fraction of sp³-hybridized carbons (Fsp3) is 0.240. The Bertz CT molecular complexity index is 1390. The Kier molecular flexibility index (Phi) is 8.21. The van der Waals surface area contributed by atoms with Gasteiger partial charge in [-0.1, -0.05) is 49.7 Å². The van der Waals surface area contributed by atoms with Gasteiger partial charge in [0.15, 0.2) is 0 Å². The molecular formula is C25H28N4O5S. The number of sulfonamides is 1. The summed E-state index contributed by atoms with van der Waals surface area (Å²) in [5.41, 5.74) is 5.84. The van der Waals surface area contributed by atoms with Crippen LogP contribution in [0.1, 0.15) is 45.7 Å². The number of nitrogens with one attached hydrogen (secondary N) is 2. The molecule has 2 N–H and O–H groups in total. The minimum Gasteiger partial charge on any atom is -0.310 e. The Labute approximate surface area is 204 Å². The number of rotatable bonds is 8. The van der Waals surface area contributed by atoms with Crippen LogP contribution in [0.2, 0.25) is 0 Å². The van der Waals surface area contributed by atoms with Crippen molar-refractivity contribution in [2.75, 3.05) is 13.1 Å². The fourth-order valence-electron chi connectivity index (χ4n) is 3.60. The van der Waals surface area contributed by atoms with Gasteiger partial charge in [0.1, 0.15) is 5.56 Å². The summed E-state index contributed by atoms with van der Waals surface area (Å²) < 4.78 is 28.1. The van der Waals surface area contributed by atoms with Gasteiger partial charge in [0.25, 0.3) is 17.4 Å². The van der Waals surface area contributed by atoms with E-state index in [1.807, 2.05) is 31.2 Å². The van der Waals surface area contributed by atoms with Crippen LogP contribution in [0.15, 0.2) is 76.6 Å². The van der Waals surface area contributed by atoms with Crippen LogP contribution < -0.4 is 16.4 Å². The van der Waals surface area contributed by atoms with E-state index in [1.165, 1.54) is 39.2 Å². The summed E-state index contributed by atoms with van der Waals surface area (Å²) >= 11 is 0. The van der Waals surface area contributed by atoms with Crippen molar-refractivity contribution in [2.45, 2.75) is 32.2 Å². The second-order valence-corrected chi connectivity index (χ2v) is 9.81. The highest BCUT2D eigenvalue weighted by Gasteiger charge is 2.23. The lowest BCUT2D eigenvalue weighted by Crippen LogP contribution is -2.44. The first kappa shape index (κ1) is 25.9. The van der Waals surface area contributed by atoms with E-state index in [2.05, 4.69) is 10.9 Å². The average molecular weight is 497 g/mol. The Morgan fingerprint density at radius 1 is 0.914 bits per heavy atom. The van der Waals surface area contributed by atoms with E-state index in [-0.39, 0.29) is 16.0 Å². The number of pyridine rings is 1. The molecule has 0 saturated carbocycles. The molecule has 1 aromatic heterocycles. The Balaban J connectivity index is 1.73. The SMILES string of the molecule is CCN(CC)S(=O)(=O)c1cccc(C(=O)NNC(=O)c2cccn(Cc3cccc(C)c3)c2=O)c1. The Hall–Kier alpha value is -3.76. The van der Waals surface area contributed by atoms with Gasteiger partial charge >= 0.3 is 0 Å². The van der Waals surface area contributed by atoms with Gasteiger partial charge in [-0.05, 0) is 42.8 Å². The quantitative estimate of drug-likeness (QED) is 0.464. The summed E-state index contributed by atoms with van der Waals surface area (Å²) in [7, 11) is -3.75. The van der Waals surface area contributed by atoms with Gasteiger partial charge in [-0.25, -0.2) is 8.42 Å². The highest BCUT2D eigenvalue weighted by Crippen LogP contribution is 2.17. The highest BCUT2D eigenvalue weighted by molar-refractivity contribution is 7.89. The van der Waals surface area contributed by atoms with Crippen molar-refractivity contribution < 1.29 is 18.0 Å². The lowest BCUT2D eigenvalue weighted by Gasteiger charge is -2.18. The van der Waals surface area contributed by atoms with Gasteiger partial charge in [-0.2, -0.15) is 4.31 Å². The Morgan fingerprint density at radius 3 is 2.29 bits per heavy atom. The molecule has 0 bridgehead atoms. The van der Waals surface area contributed by atoms with E-state index in [9.17, 15) is 22.8 Å². The maximum absolute atomic E-state index is 12.8. The van der Waals surface area contributed by atoms with Crippen LogP contribution in [0.3, 0.4) is 0 Å². The number of hydrazine groups is 1. The molecule has 3 rings (SSSR count). The van der Waals surface area contributed by atoms with Crippen molar-refractivity contribution >= 4 is 21.8 Å². The molecule has 0 radical (unpaired) electrons. The molecule has 35 heavy (non-hydrogen) atoms. The third-order valence-electron chi connectivity index (χ3n) is 5.43. The van der Waals surface area contributed by atoms with Crippen molar-refractivity contribution in [1.82, 2.24) is 19.7 Å². The molecule has 0 spiro atoms. The van der Waals surface area contributed by atoms with Crippen molar-refractivity contribution in [3.63, 3.8) is 0 Å². The molecule has 3 aromatic rings. The zero-order valence-corrected chi connectivity index (χ0v) is 20.6. The van der Waals surface area contributed by atoms with Crippen LogP contribution in [-0.4, -0.2) is 42.2 Å². The zero-order chi connectivity index (χ0) is 25.6. The molecule has 1 heterocycles. The third kappa shape index (κ3) is 6.03. The first-order chi connectivity index (χ1) is 16.7. The maximum Gasteiger partial charge on any atom is 0.275 e. The lowest BCUT2D eigenvalue weighted by atomic mass is 10.1. The molecule has 0 saturated heterocycles. The summed E-state index contributed by atoms with van der Waals surface area (Å²) in [5, 5.41) is 0. The van der Waals surface area contributed by atoms with E-state index in [0.717, 1.165) is 11.1 Å². The lowest BCUT2D eigenvalue weighted by molar-refractivity contribution is 0.0845. The summed E-state index contributed by atoms with van der Waals surface area (Å²) in [6, 6.07) is 16.2. The molecule has 2 aromatic carbocycles. The number of nitrogens with zero attached hydrogens (tertiary/aromatic N) is 2. The van der Waals surface area contributed by atoms with Crippen LogP contribution in [0.4, 0.5) is 0 Å². The third-order valence-corrected chi connectivity index (χ3v) is 7.48. The van der Waals surface area contributed by atoms with Crippen LogP contribution in [-0.2, 0) is 16.6 Å². The van der Waals surface area contributed by atoms with Crippen molar-refractivity contribution in [2.24, 2.45) is 0 Å². The number of carbonyl (C=O) groups is 2. The molecule has 2 amide bonds. The van der Waals surface area contributed by atoms with Crippen LogP contribution in [0.25, 0.3) is 0 Å². The number of aryl methyl sites for hydroxylation is 1. The predicted octanol–water partition coefficient (Wildman–Crippen LogP) is 2.31. The normalized spacial score (nSPS) is 11.3. The molecule has 0 fully saturated rings. The van der Waals surface area contributed by atoms with E-state index in [0.29, 0.717) is 19.6 Å². The molecule has 10 heteroatoms. The number of benzene rings is 2. The molecule has 0 aliphatic rings. The van der Waals surface area contributed by atoms with Gasteiger partial charge < -0.3 is 4.57 Å². The van der Waals surface area contributed by atoms with Crippen molar-refractivity contribution in [1.29, 1.82) is 0 Å². The van der Waals surface area contributed by atoms with E-state index >= 15 is 0 Å². The smallest absolute Gasteiger partial charge is 0.275 e. The fourth-order valence-corrected chi connectivity index (χ4v) is 5.11. The first-order valence-electron chi connectivity index (χ1n) is 11.1. The molecular weight excluding hydrogens is 468 g/mol. The van der Waals surface area contributed by atoms with Gasteiger partial charge in [-0.3, -0.25) is 25.2 Å². The van der Waals surface area contributed by atoms with E-state index < -0.39 is 27.4 Å². The zero-order valence-electron chi connectivity index (χ0n) is 19.8. The van der Waals surface area contributed by atoms with Gasteiger partial charge in [0.2, 0.25) is 10.0 Å². The number of hydrogen-bond acceptors (Lipinski definition) is 5. The van der Waals surface area contributed by atoms with Crippen LogP contribution in [0.5, 0.6) is 0 Å². The monoisotopic (exact) mass is 496 g/mol. The van der Waals surface area contributed by atoms with Crippen LogP contribution >= 0.6 is 0 Å². The Morgan fingerprint density at radius 2 is 1.60 bits per heavy atom. The number of amides is 2. The molecule has 0 aliphatic carbocycles. The number of hydrogen-bond donors (Lipinski definition) is 2. The van der Waals surface area contributed by atoms with Gasteiger partial charge in [0.05, 0.1) is 11.4 Å². The average Bonchev–Trinajstić information content (AvgIpc) is 2.84. The summed E-state index contributed by atoms with van der Waals surface area (Å²) in [4.78, 5) is 38.0. The number of aromatic nitrogens is 1. The highest BCUT2D eigenvalue weighted by atomic mass is 32.2. The molecule has 0 atom stereocenters. The minimum atomic E-state index is -3.75. The van der Waals surface area contributed by atoms with Crippen molar-refractivity contribution in [3.05, 3.63) is 99.5 Å². The van der Waals surface area contributed by atoms with Gasteiger partial charge in [0, 0.05) is 24.8 Å². The molecule has 184 valence electrons. The summed E-state index contributed by atoms with van der Waals surface area (Å²) in [6.45, 7) is 6.29. The predicted molar refractivity (Wildman–Crippen MR) is 132 cm³/mol. The summed E-state index contributed by atoms with van der Waals surface area (Å²) in [5.74, 6) is -1.50. The topological polar surface area (TPSA) is 118 Å². The summed E-state index contributed by atoms with van der Waals surface area (Å²) in [6.07, 6.45) is 1.59. The standard InChI is InChI=1S/C25H28N4O5S/c1-4-29(5-2)35(33,34)21-12-7-11-20(16-21)23(30)26-27-24(31)22-13-8-14-28(25(22)32)17-19-10-6-9-18(3)15-19/h6-16H,4-5,17H2,1-3H3,(H,26,30)(H,27,31). The first-order valence-corrected chi connectivity index (χ1v) is 12.6. The van der Waals surface area contributed by atoms with Crippen molar-refractivity contribution in [3.8, 4) is 0 Å². The maximum atomic E-state index is 12.8. The second kappa shape index (κ2) is 11.1.